The van der Waals surface area contributed by atoms with Crippen molar-refractivity contribution in [2.45, 2.75) is 187 Å². The normalized spacial score (nSPS) is 21.2. The Labute approximate surface area is 396 Å². The molecule has 4 heteroatoms. The van der Waals surface area contributed by atoms with Gasteiger partial charge in [0.25, 0.3) is 6.71 Å². The SMILES string of the molecule is Cc1cc2c3c(c1)N(c1ccc(C(C)(C)C)cc1)c1c(sc4cc5c(cc14)C(C)(C)CCC5(C)C)B3c1cc3c(cc1N2c1ccc2c(c1)C(C)(C)CCC2(C)C)C(C)(C)CCC3(C)C. The van der Waals surface area contributed by atoms with Crippen LogP contribution in [0.1, 0.15) is 187 Å². The molecule has 5 aromatic carbocycles. The molecule has 11 rings (SSSR count). The number of hydrogen-bond donors (Lipinski definition) is 0. The average molecular weight is 877 g/mol. The van der Waals surface area contributed by atoms with Crippen LogP contribution in [-0.4, -0.2) is 6.71 Å². The fourth-order valence-electron chi connectivity index (χ4n) is 13.1. The Balaban J connectivity index is 1.27. The Morgan fingerprint density at radius 3 is 1.49 bits per heavy atom. The first-order valence-electron chi connectivity index (χ1n) is 25.0. The van der Waals surface area contributed by atoms with Gasteiger partial charge in [0.1, 0.15) is 0 Å². The van der Waals surface area contributed by atoms with Crippen LogP contribution in [0.5, 0.6) is 0 Å². The summed E-state index contributed by atoms with van der Waals surface area (Å²) in [7, 11) is 0. The van der Waals surface area contributed by atoms with Crippen molar-refractivity contribution in [1.82, 2.24) is 0 Å². The minimum atomic E-state index is 0.0655. The fourth-order valence-corrected chi connectivity index (χ4v) is 14.4. The molecular formula is C61H73BN2S. The Hall–Kier alpha value is -4.28. The summed E-state index contributed by atoms with van der Waals surface area (Å²) in [5.74, 6) is 0. The molecule has 0 saturated heterocycles. The highest BCUT2D eigenvalue weighted by molar-refractivity contribution is 7.33. The molecule has 0 atom stereocenters. The molecule has 3 aliphatic carbocycles. The predicted molar refractivity (Wildman–Crippen MR) is 285 cm³/mol. The maximum Gasteiger partial charge on any atom is 0.264 e. The number of aryl methyl sites for hydroxylation is 1. The molecule has 6 aromatic rings. The first kappa shape index (κ1) is 43.3. The van der Waals surface area contributed by atoms with Crippen LogP contribution in [-0.2, 0) is 37.9 Å². The quantitative estimate of drug-likeness (QED) is 0.160. The van der Waals surface area contributed by atoms with Crippen molar-refractivity contribution in [3.8, 4) is 0 Å². The van der Waals surface area contributed by atoms with Crippen molar-refractivity contribution in [1.29, 1.82) is 0 Å². The van der Waals surface area contributed by atoms with Crippen LogP contribution in [0.15, 0.2) is 78.9 Å². The molecule has 0 amide bonds. The Morgan fingerprint density at radius 2 is 0.938 bits per heavy atom. The maximum atomic E-state index is 2.72. The van der Waals surface area contributed by atoms with Gasteiger partial charge in [0.15, 0.2) is 0 Å². The molecule has 1 aromatic heterocycles. The zero-order valence-corrected chi connectivity index (χ0v) is 43.4. The minimum Gasteiger partial charge on any atom is -0.311 e. The molecule has 0 bridgehead atoms. The fraction of sp³-hybridized carbons (Fsp3) is 0.475. The van der Waals surface area contributed by atoms with E-state index in [0.717, 1.165) is 0 Å². The second-order valence-corrected chi connectivity index (χ2v) is 27.4. The number of hydrogen-bond acceptors (Lipinski definition) is 3. The average Bonchev–Trinajstić information content (AvgIpc) is 3.60. The molecule has 5 aliphatic rings. The van der Waals surface area contributed by atoms with Gasteiger partial charge >= 0.3 is 0 Å². The Kier molecular flexibility index (Phi) is 8.96. The number of anilines is 6. The molecule has 2 aliphatic heterocycles. The predicted octanol–water partition coefficient (Wildman–Crippen LogP) is 15.6. The van der Waals surface area contributed by atoms with Crippen LogP contribution in [0.2, 0.25) is 0 Å². The summed E-state index contributed by atoms with van der Waals surface area (Å²) in [6.45, 7) is 39.2. The van der Waals surface area contributed by atoms with E-state index in [9.17, 15) is 0 Å². The maximum absolute atomic E-state index is 2.72. The summed E-state index contributed by atoms with van der Waals surface area (Å²) in [5, 5.41) is 1.41. The molecule has 0 spiro atoms. The van der Waals surface area contributed by atoms with Crippen molar-refractivity contribution in [3.05, 3.63) is 123 Å². The first-order chi connectivity index (χ1) is 30.2. The van der Waals surface area contributed by atoms with Crippen LogP contribution in [0.25, 0.3) is 10.1 Å². The van der Waals surface area contributed by atoms with Gasteiger partial charge in [-0.15, -0.1) is 11.3 Å². The highest BCUT2D eigenvalue weighted by Gasteiger charge is 2.49. The summed E-state index contributed by atoms with van der Waals surface area (Å²) >= 11 is 2.08. The van der Waals surface area contributed by atoms with Gasteiger partial charge in [0, 0.05) is 43.3 Å². The summed E-state index contributed by atoms with van der Waals surface area (Å²) in [6.07, 6.45) is 7.21. The standard InChI is InChI=1S/C61H73BN2S/c1-36-29-49-52-50(30-36)64(38-19-17-37(18-20-38)55(2,3)4)53-40-32-43-46(61(15,16)28-25-58(43,9)10)35-51(40)65-54(53)62(52)47-33-44-45(60(13,14)27-26-59(44,11)12)34-48(47)63(49)39-21-22-41-42(31-39)57(7,8)24-23-56(41,5)6/h17-22,29-35H,23-28H2,1-16H3. The van der Waals surface area contributed by atoms with Crippen LogP contribution in [0.4, 0.5) is 34.1 Å². The second kappa shape index (κ2) is 13.5. The highest BCUT2D eigenvalue weighted by atomic mass is 32.1. The van der Waals surface area contributed by atoms with E-state index in [0.29, 0.717) is 0 Å². The summed E-state index contributed by atoms with van der Waals surface area (Å²) < 4.78 is 2.90. The molecule has 65 heavy (non-hydrogen) atoms. The number of fused-ring (bicyclic) bond motifs is 9. The van der Waals surface area contributed by atoms with E-state index in [2.05, 4.69) is 211 Å². The van der Waals surface area contributed by atoms with Crippen LogP contribution >= 0.6 is 11.3 Å². The van der Waals surface area contributed by atoms with Gasteiger partial charge in [-0.05, 0) is 193 Å². The van der Waals surface area contributed by atoms with E-state index in [1.165, 1.54) is 132 Å². The molecule has 2 nitrogen and oxygen atoms in total. The Morgan fingerprint density at radius 1 is 0.477 bits per heavy atom. The molecule has 0 fully saturated rings. The van der Waals surface area contributed by atoms with Crippen molar-refractivity contribution in [2.75, 3.05) is 9.80 Å². The lowest BCUT2D eigenvalue weighted by Gasteiger charge is -2.47. The third-order valence-electron chi connectivity index (χ3n) is 17.8. The van der Waals surface area contributed by atoms with Gasteiger partial charge in [0.2, 0.25) is 0 Å². The number of nitrogens with zero attached hydrogens (tertiary/aromatic N) is 2. The van der Waals surface area contributed by atoms with Gasteiger partial charge in [-0.25, -0.2) is 0 Å². The summed E-state index contributed by atoms with van der Waals surface area (Å²) in [5.41, 5.74) is 23.4. The summed E-state index contributed by atoms with van der Waals surface area (Å²) in [6, 6.07) is 32.9. The largest absolute Gasteiger partial charge is 0.311 e. The van der Waals surface area contributed by atoms with Crippen molar-refractivity contribution >= 4 is 78.0 Å². The minimum absolute atomic E-state index is 0.0655. The smallest absolute Gasteiger partial charge is 0.264 e. The summed E-state index contributed by atoms with van der Waals surface area (Å²) in [4.78, 5) is 5.42. The molecule has 0 unspecified atom stereocenters. The zero-order chi connectivity index (χ0) is 46.3. The van der Waals surface area contributed by atoms with Gasteiger partial charge < -0.3 is 9.80 Å². The highest BCUT2D eigenvalue weighted by Crippen LogP contribution is 2.55. The lowest BCUT2D eigenvalue weighted by Crippen LogP contribution is -2.61. The van der Waals surface area contributed by atoms with Crippen molar-refractivity contribution in [3.63, 3.8) is 0 Å². The molecule has 0 radical (unpaired) electrons. The topological polar surface area (TPSA) is 6.48 Å². The lowest BCUT2D eigenvalue weighted by atomic mass is 9.35. The van der Waals surface area contributed by atoms with Crippen LogP contribution < -0.4 is 25.5 Å². The van der Waals surface area contributed by atoms with E-state index < -0.39 is 0 Å². The van der Waals surface area contributed by atoms with Crippen LogP contribution in [0, 0.1) is 6.92 Å². The number of benzene rings is 5. The molecule has 336 valence electrons. The third kappa shape index (κ3) is 6.30. The first-order valence-corrected chi connectivity index (χ1v) is 25.8. The van der Waals surface area contributed by atoms with E-state index in [1.54, 1.807) is 11.1 Å². The second-order valence-electron chi connectivity index (χ2n) is 26.3. The van der Waals surface area contributed by atoms with E-state index in [1.807, 2.05) is 0 Å². The van der Waals surface area contributed by atoms with Crippen molar-refractivity contribution in [2.24, 2.45) is 0 Å². The Bertz CT molecular complexity index is 3000. The van der Waals surface area contributed by atoms with Crippen molar-refractivity contribution < 1.29 is 0 Å². The van der Waals surface area contributed by atoms with E-state index >= 15 is 0 Å². The van der Waals surface area contributed by atoms with Crippen LogP contribution in [0.3, 0.4) is 0 Å². The van der Waals surface area contributed by atoms with Gasteiger partial charge in [-0.2, -0.15) is 0 Å². The van der Waals surface area contributed by atoms with Gasteiger partial charge in [-0.1, -0.05) is 128 Å². The zero-order valence-electron chi connectivity index (χ0n) is 42.6. The molecule has 0 N–H and O–H groups in total. The number of rotatable bonds is 2. The molecular weight excluding hydrogens is 804 g/mol. The monoisotopic (exact) mass is 877 g/mol. The molecule has 3 heterocycles. The van der Waals surface area contributed by atoms with Gasteiger partial charge in [-0.3, -0.25) is 0 Å². The van der Waals surface area contributed by atoms with E-state index in [4.69, 9.17) is 0 Å². The molecule has 0 saturated carbocycles. The number of thiophene rings is 1. The third-order valence-corrected chi connectivity index (χ3v) is 19.0. The van der Waals surface area contributed by atoms with E-state index in [-0.39, 0.29) is 44.6 Å². The van der Waals surface area contributed by atoms with Gasteiger partial charge in [0.05, 0.1) is 5.69 Å². The lowest BCUT2D eigenvalue weighted by molar-refractivity contribution is 0.332.